The Kier molecular flexibility index (Phi) is 6.27. The van der Waals surface area contributed by atoms with Crippen molar-refractivity contribution in [3.8, 4) is 0 Å². The van der Waals surface area contributed by atoms with Crippen LogP contribution in [0.2, 0.25) is 0 Å². The van der Waals surface area contributed by atoms with Crippen molar-refractivity contribution < 1.29 is 9.84 Å². The number of nitrogens with one attached hydrogen (secondary N) is 1. The molecule has 1 saturated heterocycles. The number of likely N-dealkylation sites (N-methyl/N-ethyl adjacent to an activating group) is 1. The lowest BCUT2D eigenvalue weighted by molar-refractivity contribution is 0.0784. The van der Waals surface area contributed by atoms with E-state index in [1.54, 1.807) is 0 Å². The fraction of sp³-hybridized carbons (Fsp3) is 1.00. The highest BCUT2D eigenvalue weighted by molar-refractivity contribution is 4.94. The summed E-state index contributed by atoms with van der Waals surface area (Å²) in [7, 11) is 2.18. The summed E-state index contributed by atoms with van der Waals surface area (Å²) in [6.45, 7) is 5.52. The molecule has 118 valence electrons. The smallest absolute Gasteiger partial charge is 0.0702 e. The Morgan fingerprint density at radius 3 is 2.70 bits per heavy atom. The molecule has 0 aromatic heterocycles. The molecule has 2 rings (SSSR count). The van der Waals surface area contributed by atoms with Crippen molar-refractivity contribution in [3.05, 3.63) is 0 Å². The topological polar surface area (TPSA) is 44.7 Å². The van der Waals surface area contributed by atoms with Crippen LogP contribution in [-0.2, 0) is 4.74 Å². The third-order valence-corrected chi connectivity index (χ3v) is 4.80. The fourth-order valence-electron chi connectivity index (χ4n) is 3.16. The van der Waals surface area contributed by atoms with Gasteiger partial charge in [0.15, 0.2) is 0 Å². The summed E-state index contributed by atoms with van der Waals surface area (Å²) in [6.07, 6.45) is 8.63. The maximum atomic E-state index is 9.75. The van der Waals surface area contributed by atoms with Crippen molar-refractivity contribution in [2.24, 2.45) is 0 Å². The van der Waals surface area contributed by atoms with Crippen molar-refractivity contribution in [1.82, 2.24) is 10.2 Å². The van der Waals surface area contributed by atoms with E-state index in [4.69, 9.17) is 4.74 Å². The Balaban J connectivity index is 1.66. The highest BCUT2D eigenvalue weighted by Gasteiger charge is 2.34. The van der Waals surface area contributed by atoms with E-state index >= 15 is 0 Å². The van der Waals surface area contributed by atoms with Gasteiger partial charge >= 0.3 is 0 Å². The molecule has 1 aliphatic carbocycles. The molecular weight excluding hydrogens is 252 g/mol. The lowest BCUT2D eigenvalue weighted by Crippen LogP contribution is -2.49. The van der Waals surface area contributed by atoms with Crippen LogP contribution in [0.3, 0.4) is 0 Å². The minimum absolute atomic E-state index is 0.0497. The van der Waals surface area contributed by atoms with Gasteiger partial charge in [0.1, 0.15) is 0 Å². The predicted molar refractivity (Wildman–Crippen MR) is 82.0 cm³/mol. The van der Waals surface area contributed by atoms with Gasteiger partial charge in [0.25, 0.3) is 0 Å². The average molecular weight is 284 g/mol. The molecule has 2 aliphatic rings. The van der Waals surface area contributed by atoms with Gasteiger partial charge < -0.3 is 20.1 Å². The number of aliphatic hydroxyl groups is 1. The van der Waals surface area contributed by atoms with E-state index in [0.717, 1.165) is 39.0 Å². The van der Waals surface area contributed by atoms with E-state index in [9.17, 15) is 5.11 Å². The zero-order valence-electron chi connectivity index (χ0n) is 13.2. The first-order valence-corrected chi connectivity index (χ1v) is 8.36. The van der Waals surface area contributed by atoms with Gasteiger partial charge in [-0.3, -0.25) is 0 Å². The summed E-state index contributed by atoms with van der Waals surface area (Å²) in [5, 5.41) is 13.4. The summed E-state index contributed by atoms with van der Waals surface area (Å²) in [6, 6.07) is 0.659. The van der Waals surface area contributed by atoms with E-state index in [2.05, 4.69) is 24.2 Å². The van der Waals surface area contributed by atoms with E-state index in [1.165, 1.54) is 25.7 Å². The molecule has 0 aromatic carbocycles. The molecule has 1 saturated carbocycles. The van der Waals surface area contributed by atoms with Crippen LogP contribution in [0.25, 0.3) is 0 Å². The molecule has 4 heteroatoms. The molecule has 2 unspecified atom stereocenters. The minimum atomic E-state index is -0.0497. The van der Waals surface area contributed by atoms with Gasteiger partial charge in [-0.05, 0) is 58.5 Å². The Labute approximate surface area is 123 Å². The normalized spacial score (nSPS) is 26.1. The quantitative estimate of drug-likeness (QED) is 0.642. The molecule has 2 fully saturated rings. The van der Waals surface area contributed by atoms with Crippen LogP contribution in [-0.4, -0.2) is 61.0 Å². The van der Waals surface area contributed by atoms with Crippen LogP contribution in [0.1, 0.15) is 51.9 Å². The highest BCUT2D eigenvalue weighted by Crippen LogP contribution is 2.26. The summed E-state index contributed by atoms with van der Waals surface area (Å²) < 4.78 is 5.68. The molecule has 0 aromatic rings. The van der Waals surface area contributed by atoms with Gasteiger partial charge in [-0.1, -0.05) is 6.92 Å². The first-order chi connectivity index (χ1) is 9.67. The van der Waals surface area contributed by atoms with Gasteiger partial charge in [0.2, 0.25) is 0 Å². The monoisotopic (exact) mass is 284 g/mol. The van der Waals surface area contributed by atoms with Crippen molar-refractivity contribution in [3.63, 3.8) is 0 Å². The van der Waals surface area contributed by atoms with Crippen molar-refractivity contribution >= 4 is 0 Å². The maximum absolute atomic E-state index is 9.75. The van der Waals surface area contributed by atoms with Gasteiger partial charge in [-0.2, -0.15) is 0 Å². The molecule has 0 bridgehead atoms. The van der Waals surface area contributed by atoms with Crippen LogP contribution >= 0.6 is 0 Å². The number of hydrogen-bond donors (Lipinski definition) is 2. The Hall–Kier alpha value is -0.160. The fourth-order valence-corrected chi connectivity index (χ4v) is 3.16. The van der Waals surface area contributed by atoms with Crippen molar-refractivity contribution in [2.45, 2.75) is 69.6 Å². The maximum Gasteiger partial charge on any atom is 0.0702 e. The second-order valence-electron chi connectivity index (χ2n) is 6.71. The van der Waals surface area contributed by atoms with Crippen LogP contribution in [0, 0.1) is 0 Å². The van der Waals surface area contributed by atoms with Gasteiger partial charge in [-0.15, -0.1) is 0 Å². The van der Waals surface area contributed by atoms with E-state index in [1.807, 2.05) is 0 Å². The minimum Gasteiger partial charge on any atom is -0.394 e. The number of hydrogen-bond acceptors (Lipinski definition) is 4. The summed E-state index contributed by atoms with van der Waals surface area (Å²) in [5.74, 6) is 0. The number of rotatable bonds is 10. The molecule has 0 amide bonds. The summed E-state index contributed by atoms with van der Waals surface area (Å²) in [5.41, 5.74) is -0.0497. The van der Waals surface area contributed by atoms with Crippen LogP contribution in [0.5, 0.6) is 0 Å². The standard InChI is InChI=1S/C16H32N2O2/c1-3-16(13-19,17-14-7-8-14)9-5-10-18(2)12-15-6-4-11-20-15/h14-15,17,19H,3-13H2,1-2H3. The molecule has 1 aliphatic heterocycles. The highest BCUT2D eigenvalue weighted by atomic mass is 16.5. The van der Waals surface area contributed by atoms with Gasteiger partial charge in [-0.25, -0.2) is 0 Å². The molecule has 0 spiro atoms. The predicted octanol–water partition coefficient (Wildman–Crippen LogP) is 1.77. The zero-order valence-corrected chi connectivity index (χ0v) is 13.2. The molecule has 1 heterocycles. The van der Waals surface area contributed by atoms with Crippen LogP contribution < -0.4 is 5.32 Å². The molecular formula is C16H32N2O2. The largest absolute Gasteiger partial charge is 0.394 e. The lowest BCUT2D eigenvalue weighted by atomic mass is 9.91. The summed E-state index contributed by atoms with van der Waals surface area (Å²) >= 11 is 0. The van der Waals surface area contributed by atoms with E-state index in [0.29, 0.717) is 12.1 Å². The summed E-state index contributed by atoms with van der Waals surface area (Å²) in [4.78, 5) is 2.38. The molecule has 20 heavy (non-hydrogen) atoms. The second-order valence-corrected chi connectivity index (χ2v) is 6.71. The Morgan fingerprint density at radius 1 is 1.35 bits per heavy atom. The van der Waals surface area contributed by atoms with Gasteiger partial charge in [0, 0.05) is 24.7 Å². The van der Waals surface area contributed by atoms with Gasteiger partial charge in [0.05, 0.1) is 12.7 Å². The van der Waals surface area contributed by atoms with Crippen molar-refractivity contribution in [2.75, 3.05) is 33.4 Å². The Morgan fingerprint density at radius 2 is 2.15 bits per heavy atom. The number of nitrogens with zero attached hydrogens (tertiary/aromatic N) is 1. The first-order valence-electron chi connectivity index (χ1n) is 8.36. The van der Waals surface area contributed by atoms with Crippen LogP contribution in [0.15, 0.2) is 0 Å². The molecule has 2 N–H and O–H groups in total. The Bertz CT molecular complexity index is 272. The molecule has 4 nitrogen and oxygen atoms in total. The zero-order chi connectivity index (χ0) is 14.4. The van der Waals surface area contributed by atoms with Crippen LogP contribution in [0.4, 0.5) is 0 Å². The number of aliphatic hydroxyl groups excluding tert-OH is 1. The third-order valence-electron chi connectivity index (χ3n) is 4.80. The van der Waals surface area contributed by atoms with Crippen molar-refractivity contribution in [1.29, 1.82) is 0 Å². The van der Waals surface area contributed by atoms with E-state index in [-0.39, 0.29) is 12.1 Å². The second kappa shape index (κ2) is 7.74. The lowest BCUT2D eigenvalue weighted by Gasteiger charge is -2.33. The average Bonchev–Trinajstić information content (AvgIpc) is 3.11. The SMILES string of the molecule is CCC(CO)(CCCN(C)CC1CCCO1)NC1CC1. The molecule has 0 radical (unpaired) electrons. The molecule has 2 atom stereocenters. The van der Waals surface area contributed by atoms with E-state index < -0.39 is 0 Å². The number of ether oxygens (including phenoxy) is 1. The first kappa shape index (κ1) is 16.2. The third kappa shape index (κ3) is 4.99.